The van der Waals surface area contributed by atoms with Crippen LogP contribution in [0, 0.1) is 16.0 Å². The molecule has 1 aromatic carbocycles. The van der Waals surface area contributed by atoms with Crippen LogP contribution in [-0.4, -0.2) is 23.9 Å². The van der Waals surface area contributed by atoms with Crippen LogP contribution in [0.4, 0.5) is 11.4 Å². The second-order valence-electron chi connectivity index (χ2n) is 4.43. The first-order chi connectivity index (χ1) is 8.59. The van der Waals surface area contributed by atoms with Crippen molar-refractivity contribution in [2.24, 2.45) is 11.7 Å². The van der Waals surface area contributed by atoms with E-state index >= 15 is 0 Å². The first-order valence-electron chi connectivity index (χ1n) is 5.87. The van der Waals surface area contributed by atoms with E-state index in [-0.39, 0.29) is 17.5 Å². The quantitative estimate of drug-likeness (QED) is 0.645. The summed E-state index contributed by atoms with van der Waals surface area (Å²) in [5, 5.41) is 11.0. The van der Waals surface area contributed by atoms with Crippen LogP contribution in [-0.2, 0) is 4.79 Å². The summed E-state index contributed by atoms with van der Waals surface area (Å²) in [7, 11) is 0. The van der Waals surface area contributed by atoms with Gasteiger partial charge >= 0.3 is 0 Å². The molecule has 6 nitrogen and oxygen atoms in total. The van der Waals surface area contributed by atoms with E-state index in [2.05, 4.69) is 0 Å². The summed E-state index contributed by atoms with van der Waals surface area (Å²) in [5.41, 5.74) is 5.94. The smallest absolute Gasteiger partial charge is 0.292 e. The van der Waals surface area contributed by atoms with Crippen LogP contribution in [0.5, 0.6) is 0 Å². The van der Waals surface area contributed by atoms with Gasteiger partial charge in [0, 0.05) is 19.2 Å². The lowest BCUT2D eigenvalue weighted by Crippen LogP contribution is -2.41. The SMILES string of the molecule is NC(=O)[C@@H]1CCCN(c2ccccc2[N+](=O)[O-])C1. The molecule has 18 heavy (non-hydrogen) atoms. The van der Waals surface area contributed by atoms with Crippen molar-refractivity contribution in [2.75, 3.05) is 18.0 Å². The highest BCUT2D eigenvalue weighted by Gasteiger charge is 2.27. The number of nitrogens with two attached hydrogens (primary N) is 1. The Morgan fingerprint density at radius 2 is 2.17 bits per heavy atom. The molecule has 1 aromatic rings. The van der Waals surface area contributed by atoms with E-state index in [1.165, 1.54) is 6.07 Å². The number of carbonyl (C=O) groups is 1. The maximum atomic E-state index is 11.2. The van der Waals surface area contributed by atoms with Crippen molar-refractivity contribution in [3.63, 3.8) is 0 Å². The molecule has 0 aromatic heterocycles. The van der Waals surface area contributed by atoms with Crippen molar-refractivity contribution in [2.45, 2.75) is 12.8 Å². The Morgan fingerprint density at radius 1 is 1.44 bits per heavy atom. The number of nitro groups is 1. The largest absolute Gasteiger partial charge is 0.369 e. The summed E-state index contributed by atoms with van der Waals surface area (Å²) in [6.07, 6.45) is 1.58. The van der Waals surface area contributed by atoms with Gasteiger partial charge in [-0.2, -0.15) is 0 Å². The number of carbonyl (C=O) groups excluding carboxylic acids is 1. The van der Waals surface area contributed by atoms with Crippen LogP contribution >= 0.6 is 0 Å². The van der Waals surface area contributed by atoms with E-state index in [0.717, 1.165) is 12.8 Å². The molecule has 1 heterocycles. The van der Waals surface area contributed by atoms with Gasteiger partial charge in [0.15, 0.2) is 0 Å². The van der Waals surface area contributed by atoms with Crippen LogP contribution in [0.25, 0.3) is 0 Å². The molecule has 96 valence electrons. The first-order valence-corrected chi connectivity index (χ1v) is 5.87. The molecule has 2 rings (SSSR count). The van der Waals surface area contributed by atoms with Crippen LogP contribution in [0.1, 0.15) is 12.8 Å². The minimum Gasteiger partial charge on any atom is -0.369 e. The van der Waals surface area contributed by atoms with Crippen molar-refractivity contribution >= 4 is 17.3 Å². The van der Waals surface area contributed by atoms with Gasteiger partial charge in [0.25, 0.3) is 5.69 Å². The van der Waals surface area contributed by atoms with Gasteiger partial charge in [0.05, 0.1) is 10.8 Å². The Bertz CT molecular complexity index is 475. The number of benzene rings is 1. The van der Waals surface area contributed by atoms with E-state index < -0.39 is 4.92 Å². The first kappa shape index (κ1) is 12.3. The topological polar surface area (TPSA) is 89.5 Å². The number of amides is 1. The average molecular weight is 249 g/mol. The summed E-state index contributed by atoms with van der Waals surface area (Å²) in [6, 6.07) is 6.58. The number of para-hydroxylation sites is 2. The number of hydrogen-bond donors (Lipinski definition) is 1. The van der Waals surface area contributed by atoms with E-state index in [1.54, 1.807) is 18.2 Å². The molecule has 0 unspecified atom stereocenters. The van der Waals surface area contributed by atoms with Gasteiger partial charge < -0.3 is 10.6 Å². The maximum Gasteiger partial charge on any atom is 0.292 e. The third-order valence-electron chi connectivity index (χ3n) is 3.24. The summed E-state index contributed by atoms with van der Waals surface area (Å²) in [5.74, 6) is -0.558. The zero-order valence-electron chi connectivity index (χ0n) is 9.91. The van der Waals surface area contributed by atoms with E-state index in [9.17, 15) is 14.9 Å². The Morgan fingerprint density at radius 3 is 2.83 bits per heavy atom. The molecule has 1 amide bonds. The monoisotopic (exact) mass is 249 g/mol. The second-order valence-corrected chi connectivity index (χ2v) is 4.43. The summed E-state index contributed by atoms with van der Waals surface area (Å²) in [4.78, 5) is 23.7. The number of anilines is 1. The molecule has 0 aliphatic carbocycles. The lowest BCUT2D eigenvalue weighted by molar-refractivity contribution is -0.384. The van der Waals surface area contributed by atoms with Crippen LogP contribution in [0.3, 0.4) is 0 Å². The lowest BCUT2D eigenvalue weighted by Gasteiger charge is -2.32. The van der Waals surface area contributed by atoms with E-state index in [0.29, 0.717) is 18.8 Å². The average Bonchev–Trinajstić information content (AvgIpc) is 2.39. The third-order valence-corrected chi connectivity index (χ3v) is 3.24. The number of hydrogen-bond acceptors (Lipinski definition) is 4. The van der Waals surface area contributed by atoms with Crippen LogP contribution < -0.4 is 10.6 Å². The molecule has 1 atom stereocenters. The van der Waals surface area contributed by atoms with Gasteiger partial charge in [0.2, 0.25) is 5.91 Å². The van der Waals surface area contributed by atoms with Crippen molar-refractivity contribution in [1.82, 2.24) is 0 Å². The summed E-state index contributed by atoms with van der Waals surface area (Å²) < 4.78 is 0. The number of nitrogens with zero attached hydrogens (tertiary/aromatic N) is 2. The van der Waals surface area contributed by atoms with E-state index in [1.807, 2.05) is 4.90 Å². The highest BCUT2D eigenvalue weighted by Crippen LogP contribution is 2.30. The Balaban J connectivity index is 2.26. The van der Waals surface area contributed by atoms with Crippen molar-refractivity contribution < 1.29 is 9.72 Å². The molecule has 1 fully saturated rings. The zero-order chi connectivity index (χ0) is 13.1. The Kier molecular flexibility index (Phi) is 3.45. The summed E-state index contributed by atoms with van der Waals surface area (Å²) in [6.45, 7) is 1.18. The standard InChI is InChI=1S/C12H15N3O3/c13-12(16)9-4-3-7-14(8-9)10-5-1-2-6-11(10)15(17)18/h1-2,5-6,9H,3-4,7-8H2,(H2,13,16)/t9-/m1/s1. The van der Waals surface area contributed by atoms with Gasteiger partial charge in [-0.3, -0.25) is 14.9 Å². The molecule has 0 saturated carbocycles. The highest BCUT2D eigenvalue weighted by molar-refractivity contribution is 5.78. The number of nitro benzene ring substituents is 1. The number of primary amides is 1. The molecule has 1 aliphatic heterocycles. The predicted octanol–water partition coefficient (Wildman–Crippen LogP) is 1.30. The van der Waals surface area contributed by atoms with Crippen LogP contribution in [0.2, 0.25) is 0 Å². The normalized spacial score (nSPS) is 19.6. The van der Waals surface area contributed by atoms with Gasteiger partial charge in [0.1, 0.15) is 5.69 Å². The van der Waals surface area contributed by atoms with E-state index in [4.69, 9.17) is 5.73 Å². The molecular weight excluding hydrogens is 234 g/mol. The summed E-state index contributed by atoms with van der Waals surface area (Å²) >= 11 is 0. The lowest BCUT2D eigenvalue weighted by atomic mass is 9.97. The van der Waals surface area contributed by atoms with Crippen molar-refractivity contribution in [3.05, 3.63) is 34.4 Å². The fraction of sp³-hybridized carbons (Fsp3) is 0.417. The highest BCUT2D eigenvalue weighted by atomic mass is 16.6. The molecular formula is C12H15N3O3. The molecule has 6 heteroatoms. The van der Waals surface area contributed by atoms with Gasteiger partial charge in [-0.1, -0.05) is 12.1 Å². The molecule has 0 bridgehead atoms. The minimum absolute atomic E-state index is 0.0719. The molecule has 1 saturated heterocycles. The van der Waals surface area contributed by atoms with Gasteiger partial charge in [-0.15, -0.1) is 0 Å². The zero-order valence-corrected chi connectivity index (χ0v) is 9.91. The minimum atomic E-state index is -0.400. The third kappa shape index (κ3) is 2.42. The fourth-order valence-electron chi connectivity index (χ4n) is 2.31. The fourth-order valence-corrected chi connectivity index (χ4v) is 2.31. The van der Waals surface area contributed by atoms with Gasteiger partial charge in [-0.25, -0.2) is 0 Å². The molecule has 1 aliphatic rings. The van der Waals surface area contributed by atoms with Crippen molar-refractivity contribution in [3.8, 4) is 0 Å². The second kappa shape index (κ2) is 5.03. The maximum absolute atomic E-state index is 11.2. The predicted molar refractivity (Wildman–Crippen MR) is 67.2 cm³/mol. The van der Waals surface area contributed by atoms with Crippen molar-refractivity contribution in [1.29, 1.82) is 0 Å². The number of rotatable bonds is 3. The molecule has 0 spiro atoms. The van der Waals surface area contributed by atoms with Crippen LogP contribution in [0.15, 0.2) is 24.3 Å². The molecule has 0 radical (unpaired) electrons. The molecule has 2 N–H and O–H groups in total. The number of piperidine rings is 1. The Hall–Kier alpha value is -2.11. The Labute approximate surface area is 105 Å². The van der Waals surface area contributed by atoms with Gasteiger partial charge in [-0.05, 0) is 18.9 Å².